The van der Waals surface area contributed by atoms with E-state index in [1.165, 1.54) is 0 Å². The number of carbonyl (C=O) groups is 1. The van der Waals surface area contributed by atoms with Crippen molar-refractivity contribution in [2.24, 2.45) is 5.41 Å². The summed E-state index contributed by atoms with van der Waals surface area (Å²) in [6.07, 6.45) is 1.26. The molecule has 5 heteroatoms. The number of hydrogen-bond donors (Lipinski definition) is 2. The van der Waals surface area contributed by atoms with Gasteiger partial charge in [-0.3, -0.25) is 4.79 Å². The summed E-state index contributed by atoms with van der Waals surface area (Å²) < 4.78 is 6.37. The molecule has 4 nitrogen and oxygen atoms in total. The Balaban J connectivity index is 1.98. The van der Waals surface area contributed by atoms with E-state index < -0.39 is 0 Å². The maximum absolute atomic E-state index is 13.6. The highest BCUT2D eigenvalue weighted by molar-refractivity contribution is 14.1. The molecule has 3 aromatic carbocycles. The third kappa shape index (κ3) is 4.47. The minimum Gasteiger partial charge on any atom is -0.504 e. The minimum absolute atomic E-state index is 0.136. The highest BCUT2D eigenvalue weighted by atomic mass is 127. The van der Waals surface area contributed by atoms with Gasteiger partial charge in [-0.1, -0.05) is 51.1 Å². The molecule has 33 heavy (non-hydrogen) atoms. The zero-order valence-corrected chi connectivity index (χ0v) is 21.7. The fourth-order valence-electron chi connectivity index (χ4n) is 4.96. The Hall–Kier alpha value is -2.54. The van der Waals surface area contributed by atoms with Crippen LogP contribution >= 0.6 is 22.6 Å². The molecule has 172 valence electrons. The Bertz CT molecular complexity index is 1280. The predicted molar refractivity (Wildman–Crippen MR) is 144 cm³/mol. The van der Waals surface area contributed by atoms with E-state index in [0.29, 0.717) is 28.0 Å². The number of anilines is 1. The smallest absolute Gasteiger partial charge is 0.171 e. The van der Waals surface area contributed by atoms with Crippen LogP contribution in [0.5, 0.6) is 11.5 Å². The number of nitrogens with two attached hydrogens (primary N) is 1. The normalized spacial score (nSPS) is 16.8. The van der Waals surface area contributed by atoms with Crippen LogP contribution in [0.2, 0.25) is 0 Å². The van der Waals surface area contributed by atoms with Crippen molar-refractivity contribution in [3.05, 3.63) is 68.8 Å². The molecular weight excluding hydrogens is 525 g/mol. The number of ketones is 1. The van der Waals surface area contributed by atoms with Crippen molar-refractivity contribution in [3.8, 4) is 11.5 Å². The van der Waals surface area contributed by atoms with Crippen LogP contribution < -0.4 is 10.5 Å². The molecule has 0 heterocycles. The number of allylic oxidation sites excluding steroid dienone is 2. The lowest BCUT2D eigenvalue weighted by Crippen LogP contribution is -2.27. The van der Waals surface area contributed by atoms with Crippen LogP contribution in [0.1, 0.15) is 57.6 Å². The first-order valence-corrected chi connectivity index (χ1v) is 12.4. The van der Waals surface area contributed by atoms with Gasteiger partial charge in [0.15, 0.2) is 17.3 Å². The van der Waals surface area contributed by atoms with Crippen molar-refractivity contribution in [1.29, 1.82) is 0 Å². The summed E-state index contributed by atoms with van der Waals surface area (Å²) in [5.41, 5.74) is 10.8. The number of ether oxygens (including phenoxy) is 1. The first kappa shape index (κ1) is 23.6. The molecule has 0 radical (unpaired) electrons. The van der Waals surface area contributed by atoms with Gasteiger partial charge in [0.2, 0.25) is 0 Å². The van der Waals surface area contributed by atoms with Gasteiger partial charge in [-0.05, 0) is 81.5 Å². The molecule has 1 aliphatic rings. The zero-order chi connectivity index (χ0) is 23.9. The maximum Gasteiger partial charge on any atom is 0.171 e. The number of phenolic OH excluding ortho intramolecular Hbond substituents is 1. The Morgan fingerprint density at radius 1 is 1.15 bits per heavy atom. The van der Waals surface area contributed by atoms with Gasteiger partial charge in [0.1, 0.15) is 0 Å². The van der Waals surface area contributed by atoms with Crippen molar-refractivity contribution in [3.63, 3.8) is 0 Å². The Kier molecular flexibility index (Phi) is 6.45. The molecule has 1 aliphatic carbocycles. The van der Waals surface area contributed by atoms with Gasteiger partial charge in [-0.2, -0.15) is 0 Å². The summed E-state index contributed by atoms with van der Waals surface area (Å²) >= 11 is 2.11. The van der Waals surface area contributed by atoms with E-state index in [0.717, 1.165) is 39.5 Å². The standard InChI is InChI=1S/C28H30INO3/c1-5-33-24-13-18(12-21(29)27(24)32)16(2)25-20(14-28(3,4)15-23(25)31)26-19-9-7-6-8-17(19)10-11-22(26)30/h6-13,16,32H,5,14-15,30H2,1-4H3/t16-/m0/s1. The molecule has 0 unspecified atom stereocenters. The SMILES string of the molecule is CCOc1cc([C@H](C)C2=C(c3c(N)ccc4ccccc34)CC(C)(C)CC2=O)cc(I)c1O. The van der Waals surface area contributed by atoms with Crippen LogP contribution in [0.3, 0.4) is 0 Å². The fourth-order valence-corrected chi connectivity index (χ4v) is 5.59. The van der Waals surface area contributed by atoms with Gasteiger partial charge in [0.25, 0.3) is 0 Å². The molecule has 0 bridgehead atoms. The van der Waals surface area contributed by atoms with E-state index in [9.17, 15) is 9.90 Å². The molecule has 3 N–H and O–H groups in total. The number of halogens is 1. The van der Waals surface area contributed by atoms with Crippen molar-refractivity contribution in [1.82, 2.24) is 0 Å². The third-order valence-corrected chi connectivity index (χ3v) is 7.29. The summed E-state index contributed by atoms with van der Waals surface area (Å²) in [6, 6.07) is 16.0. The Labute approximate surface area is 209 Å². The number of nitrogen functional groups attached to an aromatic ring is 1. The molecule has 4 rings (SSSR count). The molecule has 0 spiro atoms. The highest BCUT2D eigenvalue weighted by Crippen LogP contribution is 2.49. The van der Waals surface area contributed by atoms with Gasteiger partial charge in [-0.25, -0.2) is 0 Å². The van der Waals surface area contributed by atoms with Crippen LogP contribution in [-0.2, 0) is 4.79 Å². The van der Waals surface area contributed by atoms with Crippen LogP contribution in [0.25, 0.3) is 16.3 Å². The molecule has 3 aromatic rings. The monoisotopic (exact) mass is 555 g/mol. The molecular formula is C28H30INO3. The third-order valence-electron chi connectivity index (χ3n) is 6.47. The van der Waals surface area contributed by atoms with Gasteiger partial charge < -0.3 is 15.6 Å². The van der Waals surface area contributed by atoms with Gasteiger partial charge >= 0.3 is 0 Å². The second-order valence-electron chi connectivity index (χ2n) is 9.59. The number of Topliss-reactive ketones (excluding diaryl/α,β-unsaturated/α-hetero) is 1. The Morgan fingerprint density at radius 2 is 1.88 bits per heavy atom. The summed E-state index contributed by atoms with van der Waals surface area (Å²) in [4.78, 5) is 13.6. The average Bonchev–Trinajstić information content (AvgIpc) is 2.75. The van der Waals surface area contributed by atoms with Gasteiger partial charge in [0.05, 0.1) is 10.2 Å². The van der Waals surface area contributed by atoms with E-state index >= 15 is 0 Å². The van der Waals surface area contributed by atoms with Crippen LogP contribution in [0.4, 0.5) is 5.69 Å². The fraction of sp³-hybridized carbons (Fsp3) is 0.321. The number of carbonyl (C=O) groups excluding carboxylic acids is 1. The van der Waals surface area contributed by atoms with Crippen molar-refractivity contribution in [2.75, 3.05) is 12.3 Å². The van der Waals surface area contributed by atoms with E-state index in [4.69, 9.17) is 10.5 Å². The molecule has 0 saturated heterocycles. The van der Waals surface area contributed by atoms with Crippen LogP contribution in [-0.4, -0.2) is 17.5 Å². The lowest BCUT2D eigenvalue weighted by Gasteiger charge is -2.35. The summed E-state index contributed by atoms with van der Waals surface area (Å²) in [5, 5.41) is 12.6. The first-order valence-electron chi connectivity index (χ1n) is 11.3. The topological polar surface area (TPSA) is 72.5 Å². The average molecular weight is 555 g/mol. The number of benzene rings is 3. The van der Waals surface area contributed by atoms with Gasteiger partial charge in [0, 0.05) is 29.2 Å². The summed E-state index contributed by atoms with van der Waals surface area (Å²) in [7, 11) is 0. The lowest BCUT2D eigenvalue weighted by molar-refractivity contribution is -0.118. The lowest BCUT2D eigenvalue weighted by atomic mass is 9.68. The predicted octanol–water partition coefficient (Wildman–Crippen LogP) is 7.08. The zero-order valence-electron chi connectivity index (χ0n) is 19.5. The van der Waals surface area contributed by atoms with E-state index in [2.05, 4.69) is 55.5 Å². The van der Waals surface area contributed by atoms with E-state index in [-0.39, 0.29) is 22.9 Å². The second-order valence-corrected chi connectivity index (χ2v) is 10.8. The number of aromatic hydroxyl groups is 1. The van der Waals surface area contributed by atoms with Crippen LogP contribution in [0, 0.1) is 8.99 Å². The minimum atomic E-state index is -0.171. The van der Waals surface area contributed by atoms with Crippen LogP contribution in [0.15, 0.2) is 54.1 Å². The quantitative estimate of drug-likeness (QED) is 0.261. The number of fused-ring (bicyclic) bond motifs is 1. The van der Waals surface area contributed by atoms with E-state index in [1.54, 1.807) is 0 Å². The largest absolute Gasteiger partial charge is 0.504 e. The van der Waals surface area contributed by atoms with Crippen molar-refractivity contribution < 1.29 is 14.6 Å². The number of hydrogen-bond acceptors (Lipinski definition) is 4. The number of phenols is 1. The summed E-state index contributed by atoms with van der Waals surface area (Å²) in [5.74, 6) is 0.566. The maximum atomic E-state index is 13.6. The summed E-state index contributed by atoms with van der Waals surface area (Å²) in [6.45, 7) is 8.69. The van der Waals surface area contributed by atoms with Crippen molar-refractivity contribution in [2.45, 2.75) is 46.5 Å². The van der Waals surface area contributed by atoms with Crippen molar-refractivity contribution >= 4 is 50.4 Å². The highest BCUT2D eigenvalue weighted by Gasteiger charge is 2.37. The first-order chi connectivity index (χ1) is 15.6. The second kappa shape index (κ2) is 9.01. The number of rotatable bonds is 5. The molecule has 0 saturated carbocycles. The molecule has 1 atom stereocenters. The van der Waals surface area contributed by atoms with E-state index in [1.807, 2.05) is 43.3 Å². The van der Waals surface area contributed by atoms with Gasteiger partial charge in [-0.15, -0.1) is 0 Å². The molecule has 0 aromatic heterocycles. The molecule has 0 aliphatic heterocycles. The molecule has 0 amide bonds. The Morgan fingerprint density at radius 3 is 2.61 bits per heavy atom. The molecule has 0 fully saturated rings.